The van der Waals surface area contributed by atoms with E-state index < -0.39 is 18.0 Å². The molecule has 0 N–H and O–H groups in total. The van der Waals surface area contributed by atoms with Gasteiger partial charge in [-0.2, -0.15) is 0 Å². The molecule has 110 valence electrons. The summed E-state index contributed by atoms with van der Waals surface area (Å²) in [5.74, 6) is -0.911. The first-order valence-electron chi connectivity index (χ1n) is 6.88. The molecule has 3 rings (SSSR count). The quantitative estimate of drug-likeness (QED) is 0.812. The van der Waals surface area contributed by atoms with Gasteiger partial charge in [-0.3, -0.25) is 4.79 Å². The summed E-state index contributed by atoms with van der Waals surface area (Å²) >= 11 is 0. The topological polar surface area (TPSA) is 65.7 Å². The van der Waals surface area contributed by atoms with E-state index in [1.165, 1.54) is 0 Å². The van der Waals surface area contributed by atoms with Crippen LogP contribution >= 0.6 is 0 Å². The van der Waals surface area contributed by atoms with E-state index in [1.54, 1.807) is 6.26 Å². The van der Waals surface area contributed by atoms with Crippen LogP contribution in [0.4, 0.5) is 0 Å². The van der Waals surface area contributed by atoms with Crippen LogP contribution in [0.2, 0.25) is 0 Å². The van der Waals surface area contributed by atoms with E-state index in [-0.39, 0.29) is 6.42 Å². The summed E-state index contributed by atoms with van der Waals surface area (Å²) in [4.78, 5) is 23.2. The Morgan fingerprint density at radius 3 is 2.81 bits per heavy atom. The van der Waals surface area contributed by atoms with Crippen molar-refractivity contribution in [2.24, 2.45) is 0 Å². The van der Waals surface area contributed by atoms with E-state index in [2.05, 4.69) is 0 Å². The van der Waals surface area contributed by atoms with E-state index in [1.807, 2.05) is 26.0 Å². The normalized spacial score (nSPS) is 18.0. The molecule has 0 bridgehead atoms. The molecule has 5 nitrogen and oxygen atoms in total. The molecular formula is C16H16O5. The summed E-state index contributed by atoms with van der Waals surface area (Å²) in [6, 6.07) is 3.95. The smallest absolute Gasteiger partial charge is 0.347 e. The van der Waals surface area contributed by atoms with E-state index >= 15 is 0 Å². The number of hydrogen-bond acceptors (Lipinski definition) is 5. The predicted molar refractivity (Wildman–Crippen MR) is 74.8 cm³/mol. The van der Waals surface area contributed by atoms with Crippen LogP contribution in [0, 0.1) is 13.8 Å². The number of cyclic esters (lactones) is 1. The van der Waals surface area contributed by atoms with Gasteiger partial charge in [0, 0.05) is 17.4 Å². The van der Waals surface area contributed by atoms with Crippen molar-refractivity contribution in [2.75, 3.05) is 6.61 Å². The highest BCUT2D eigenvalue weighted by atomic mass is 16.6. The number of rotatable bonds is 3. The highest BCUT2D eigenvalue weighted by molar-refractivity contribution is 5.88. The van der Waals surface area contributed by atoms with Gasteiger partial charge in [-0.05, 0) is 37.1 Å². The summed E-state index contributed by atoms with van der Waals surface area (Å²) in [7, 11) is 0. The van der Waals surface area contributed by atoms with Crippen LogP contribution in [0.3, 0.4) is 0 Å². The molecule has 1 unspecified atom stereocenters. The van der Waals surface area contributed by atoms with Gasteiger partial charge in [-0.15, -0.1) is 0 Å². The summed E-state index contributed by atoms with van der Waals surface area (Å²) < 4.78 is 15.4. The van der Waals surface area contributed by atoms with Crippen LogP contribution in [0.5, 0.6) is 0 Å². The van der Waals surface area contributed by atoms with E-state index in [9.17, 15) is 9.59 Å². The largest absolute Gasteiger partial charge is 0.464 e. The minimum atomic E-state index is -0.764. The minimum absolute atomic E-state index is 0.0826. The number of carbonyl (C=O) groups is 2. The van der Waals surface area contributed by atoms with Crippen molar-refractivity contribution in [1.82, 2.24) is 0 Å². The molecule has 21 heavy (non-hydrogen) atoms. The first-order valence-corrected chi connectivity index (χ1v) is 6.88. The third-order valence-electron chi connectivity index (χ3n) is 3.77. The molecule has 0 saturated carbocycles. The molecule has 1 aliphatic rings. The van der Waals surface area contributed by atoms with Crippen molar-refractivity contribution in [2.45, 2.75) is 32.8 Å². The Morgan fingerprint density at radius 2 is 2.10 bits per heavy atom. The lowest BCUT2D eigenvalue weighted by Gasteiger charge is -2.07. The molecule has 5 heteroatoms. The van der Waals surface area contributed by atoms with Crippen molar-refractivity contribution in [3.05, 3.63) is 35.1 Å². The number of benzene rings is 1. The molecule has 1 fully saturated rings. The lowest BCUT2D eigenvalue weighted by Crippen LogP contribution is -2.23. The molecular weight excluding hydrogens is 272 g/mol. The molecule has 0 amide bonds. The molecule has 0 radical (unpaired) electrons. The van der Waals surface area contributed by atoms with Gasteiger partial charge in [0.05, 0.1) is 19.3 Å². The highest BCUT2D eigenvalue weighted by Crippen LogP contribution is 2.25. The molecule has 1 aromatic carbocycles. The zero-order valence-corrected chi connectivity index (χ0v) is 12.0. The maximum atomic E-state index is 11.9. The molecule has 1 atom stereocenters. The third kappa shape index (κ3) is 2.63. The number of hydrogen-bond donors (Lipinski definition) is 0. The summed E-state index contributed by atoms with van der Waals surface area (Å²) in [6.45, 7) is 4.33. The Balaban J connectivity index is 1.77. The van der Waals surface area contributed by atoms with Crippen molar-refractivity contribution in [3.8, 4) is 0 Å². The first-order chi connectivity index (χ1) is 10.0. The standard InChI is InChI=1S/C16H16O5/c1-9-5-12-11(8-20-14(12)6-10(9)2)7-15(17)21-13-3-4-19-16(13)18/h5-6,8,13H,3-4,7H2,1-2H3. The van der Waals surface area contributed by atoms with Gasteiger partial charge in [0.2, 0.25) is 6.10 Å². The second-order valence-corrected chi connectivity index (χ2v) is 5.31. The lowest BCUT2D eigenvalue weighted by molar-refractivity contribution is -0.159. The number of esters is 2. The molecule has 2 aromatic rings. The van der Waals surface area contributed by atoms with Crippen LogP contribution in [0.1, 0.15) is 23.1 Å². The number of aryl methyl sites for hydroxylation is 2. The second kappa shape index (κ2) is 5.24. The summed E-state index contributed by atoms with van der Waals surface area (Å²) in [6.07, 6.45) is 1.31. The van der Waals surface area contributed by atoms with Gasteiger partial charge in [-0.25, -0.2) is 4.79 Å². The Labute approximate surface area is 121 Å². The SMILES string of the molecule is Cc1cc2occ(CC(=O)OC3CCOC3=O)c2cc1C. The molecule has 2 heterocycles. The average Bonchev–Trinajstić information content (AvgIpc) is 2.99. The van der Waals surface area contributed by atoms with Gasteiger partial charge in [0.25, 0.3) is 0 Å². The molecule has 1 saturated heterocycles. The van der Waals surface area contributed by atoms with E-state index in [0.29, 0.717) is 13.0 Å². The predicted octanol–water partition coefficient (Wildman–Crippen LogP) is 2.45. The minimum Gasteiger partial charge on any atom is -0.464 e. The average molecular weight is 288 g/mol. The molecule has 0 spiro atoms. The van der Waals surface area contributed by atoms with Crippen molar-refractivity contribution in [3.63, 3.8) is 0 Å². The van der Waals surface area contributed by atoms with E-state index in [0.717, 1.165) is 27.7 Å². The van der Waals surface area contributed by atoms with Crippen LogP contribution in [-0.4, -0.2) is 24.6 Å². The third-order valence-corrected chi connectivity index (χ3v) is 3.77. The lowest BCUT2D eigenvalue weighted by atomic mass is 10.0. The van der Waals surface area contributed by atoms with Crippen molar-refractivity contribution in [1.29, 1.82) is 0 Å². The van der Waals surface area contributed by atoms with Gasteiger partial charge in [0.15, 0.2) is 0 Å². The first kappa shape index (κ1) is 13.7. The zero-order chi connectivity index (χ0) is 15.0. The van der Waals surface area contributed by atoms with Gasteiger partial charge >= 0.3 is 11.9 Å². The fourth-order valence-electron chi connectivity index (χ4n) is 2.41. The highest BCUT2D eigenvalue weighted by Gasteiger charge is 2.30. The molecule has 0 aliphatic carbocycles. The molecule has 1 aromatic heterocycles. The Kier molecular flexibility index (Phi) is 3.41. The summed E-state index contributed by atoms with van der Waals surface area (Å²) in [5, 5.41) is 0.907. The van der Waals surface area contributed by atoms with Crippen LogP contribution in [0.15, 0.2) is 22.8 Å². The number of carbonyl (C=O) groups excluding carboxylic acids is 2. The maximum absolute atomic E-state index is 11.9. The summed E-state index contributed by atoms with van der Waals surface area (Å²) in [5.41, 5.74) is 3.79. The fraction of sp³-hybridized carbons (Fsp3) is 0.375. The monoisotopic (exact) mass is 288 g/mol. The zero-order valence-electron chi connectivity index (χ0n) is 12.0. The van der Waals surface area contributed by atoms with E-state index in [4.69, 9.17) is 13.9 Å². The number of fused-ring (bicyclic) bond motifs is 1. The Morgan fingerprint density at radius 1 is 1.33 bits per heavy atom. The van der Waals surface area contributed by atoms with Gasteiger partial charge < -0.3 is 13.9 Å². The van der Waals surface area contributed by atoms with Crippen LogP contribution < -0.4 is 0 Å². The van der Waals surface area contributed by atoms with Crippen LogP contribution in [-0.2, 0) is 25.5 Å². The Hall–Kier alpha value is -2.30. The second-order valence-electron chi connectivity index (χ2n) is 5.31. The number of furan rings is 1. The van der Waals surface area contributed by atoms with Gasteiger partial charge in [-0.1, -0.05) is 0 Å². The fourth-order valence-corrected chi connectivity index (χ4v) is 2.41. The number of ether oxygens (including phenoxy) is 2. The van der Waals surface area contributed by atoms with Crippen molar-refractivity contribution >= 4 is 22.9 Å². The van der Waals surface area contributed by atoms with Crippen LogP contribution in [0.25, 0.3) is 11.0 Å². The Bertz CT molecular complexity index is 713. The van der Waals surface area contributed by atoms with Crippen molar-refractivity contribution < 1.29 is 23.5 Å². The molecule has 1 aliphatic heterocycles. The van der Waals surface area contributed by atoms with Gasteiger partial charge in [0.1, 0.15) is 5.58 Å². The maximum Gasteiger partial charge on any atom is 0.347 e.